The van der Waals surface area contributed by atoms with Crippen molar-refractivity contribution in [1.82, 2.24) is 9.97 Å². The smallest absolute Gasteiger partial charge is 0.157 e. The Morgan fingerprint density at radius 2 is 1.85 bits per heavy atom. The molecule has 10 nitrogen and oxygen atoms in total. The zero-order valence-electron chi connectivity index (χ0n) is 22.9. The van der Waals surface area contributed by atoms with Crippen molar-refractivity contribution in [3.05, 3.63) is 54.5 Å². The number of allylic oxidation sites excluding steroid dienone is 1. The molecule has 3 N–H and O–H groups in total. The first-order chi connectivity index (χ1) is 19.7. The highest BCUT2D eigenvalue weighted by atomic mass is 16.7. The lowest BCUT2D eigenvalue weighted by molar-refractivity contribution is -0.165. The molecule has 2 aliphatic rings. The summed E-state index contributed by atoms with van der Waals surface area (Å²) in [6.45, 7) is 2.36. The third-order valence-corrected chi connectivity index (χ3v) is 6.75. The maximum atomic E-state index is 5.95. The molecule has 2 aromatic carbocycles. The Kier molecular flexibility index (Phi) is 9.78. The Morgan fingerprint density at radius 1 is 1.00 bits per heavy atom. The van der Waals surface area contributed by atoms with Gasteiger partial charge in [0.05, 0.1) is 36.6 Å². The minimum atomic E-state index is -0.136. The molecule has 2 unspecified atom stereocenters. The van der Waals surface area contributed by atoms with E-state index in [2.05, 4.69) is 15.3 Å². The molecule has 0 aliphatic carbocycles. The SMILES string of the molecule is COc1cc(Nc2ccc3ncc(C(C=NC4CCCCO4)=CN)nc3c2)cc(OCCOC2CCCCO2)c1. The number of hydrogen-bond acceptors (Lipinski definition) is 10. The molecule has 3 aromatic rings. The molecular weight excluding hydrogens is 510 g/mol. The number of fused-ring (bicyclic) bond motifs is 1. The molecule has 0 amide bonds. The van der Waals surface area contributed by atoms with Gasteiger partial charge in [0.25, 0.3) is 0 Å². The molecule has 10 heteroatoms. The monoisotopic (exact) mass is 547 g/mol. The number of nitrogens with one attached hydrogen (secondary N) is 1. The molecule has 3 heterocycles. The molecule has 5 rings (SSSR count). The average molecular weight is 548 g/mol. The van der Waals surface area contributed by atoms with E-state index in [1.807, 2.05) is 36.4 Å². The van der Waals surface area contributed by atoms with Crippen LogP contribution in [0.1, 0.15) is 44.2 Å². The highest BCUT2D eigenvalue weighted by molar-refractivity contribution is 6.09. The summed E-state index contributed by atoms with van der Waals surface area (Å²) in [5.41, 5.74) is 10.4. The van der Waals surface area contributed by atoms with Gasteiger partial charge < -0.3 is 34.7 Å². The lowest BCUT2D eigenvalue weighted by Crippen LogP contribution is -2.24. The van der Waals surface area contributed by atoms with Gasteiger partial charge in [-0.3, -0.25) is 9.98 Å². The predicted octanol–water partition coefficient (Wildman–Crippen LogP) is 5.20. The fraction of sp³-hybridized carbons (Fsp3) is 0.433. The number of hydrogen-bond donors (Lipinski definition) is 2. The summed E-state index contributed by atoms with van der Waals surface area (Å²) in [4.78, 5) is 13.9. The maximum absolute atomic E-state index is 5.95. The number of benzene rings is 2. The summed E-state index contributed by atoms with van der Waals surface area (Å²) < 4.78 is 28.5. The van der Waals surface area contributed by atoms with E-state index in [-0.39, 0.29) is 12.5 Å². The topological polar surface area (TPSA) is 122 Å². The van der Waals surface area contributed by atoms with Gasteiger partial charge in [0.2, 0.25) is 0 Å². The van der Waals surface area contributed by atoms with Crippen molar-refractivity contribution in [1.29, 1.82) is 0 Å². The molecule has 0 radical (unpaired) electrons. The van der Waals surface area contributed by atoms with Gasteiger partial charge in [0, 0.05) is 60.8 Å². The van der Waals surface area contributed by atoms with Gasteiger partial charge in [-0.15, -0.1) is 0 Å². The number of ether oxygens (including phenoxy) is 5. The van der Waals surface area contributed by atoms with Crippen LogP contribution in [-0.2, 0) is 14.2 Å². The Balaban J connectivity index is 1.25. The zero-order chi connectivity index (χ0) is 27.6. The van der Waals surface area contributed by atoms with Crippen LogP contribution in [0.4, 0.5) is 11.4 Å². The number of nitrogens with two attached hydrogens (primary N) is 1. The second kappa shape index (κ2) is 14.1. The van der Waals surface area contributed by atoms with Crippen LogP contribution >= 0.6 is 0 Å². The minimum Gasteiger partial charge on any atom is -0.497 e. The Morgan fingerprint density at radius 3 is 2.62 bits per heavy atom. The molecule has 40 heavy (non-hydrogen) atoms. The number of nitrogens with zero attached hydrogens (tertiary/aromatic N) is 3. The molecule has 0 bridgehead atoms. The van der Waals surface area contributed by atoms with Crippen molar-refractivity contribution in [2.24, 2.45) is 10.7 Å². The molecule has 212 valence electrons. The zero-order valence-corrected chi connectivity index (χ0v) is 22.9. The summed E-state index contributed by atoms with van der Waals surface area (Å²) in [5.74, 6) is 1.36. The molecule has 1 aromatic heterocycles. The highest BCUT2D eigenvalue weighted by Crippen LogP contribution is 2.29. The van der Waals surface area contributed by atoms with Crippen molar-refractivity contribution in [2.45, 2.75) is 51.0 Å². The summed E-state index contributed by atoms with van der Waals surface area (Å²) in [7, 11) is 1.63. The van der Waals surface area contributed by atoms with Gasteiger partial charge in [-0.05, 0) is 56.7 Å². The van der Waals surface area contributed by atoms with E-state index in [4.69, 9.17) is 34.4 Å². The maximum Gasteiger partial charge on any atom is 0.157 e. The first-order valence-corrected chi connectivity index (χ1v) is 13.9. The number of methoxy groups -OCH3 is 1. The summed E-state index contributed by atoms with van der Waals surface area (Å²) in [5, 5.41) is 3.42. The van der Waals surface area contributed by atoms with E-state index in [1.165, 1.54) is 6.20 Å². The molecule has 2 fully saturated rings. The van der Waals surface area contributed by atoms with E-state index in [1.54, 1.807) is 19.5 Å². The predicted molar refractivity (Wildman–Crippen MR) is 155 cm³/mol. The summed E-state index contributed by atoms with van der Waals surface area (Å²) in [6.07, 6.45) is 10.9. The number of anilines is 2. The van der Waals surface area contributed by atoms with Gasteiger partial charge in [0.15, 0.2) is 6.29 Å². The van der Waals surface area contributed by atoms with E-state index in [9.17, 15) is 0 Å². The molecule has 0 spiro atoms. The normalized spacial score (nSPS) is 20.1. The summed E-state index contributed by atoms with van der Waals surface area (Å²) >= 11 is 0. The van der Waals surface area contributed by atoms with Crippen LogP contribution in [0.15, 0.2) is 53.8 Å². The molecule has 2 aliphatic heterocycles. The van der Waals surface area contributed by atoms with Crippen molar-refractivity contribution < 1.29 is 23.7 Å². The van der Waals surface area contributed by atoms with Crippen LogP contribution in [-0.4, -0.2) is 62.2 Å². The largest absolute Gasteiger partial charge is 0.497 e. The molecule has 2 atom stereocenters. The van der Waals surface area contributed by atoms with Crippen LogP contribution in [0.25, 0.3) is 16.6 Å². The first-order valence-electron chi connectivity index (χ1n) is 13.9. The van der Waals surface area contributed by atoms with Gasteiger partial charge in [-0.25, -0.2) is 4.98 Å². The van der Waals surface area contributed by atoms with Gasteiger partial charge in [-0.2, -0.15) is 0 Å². The molecule has 0 saturated carbocycles. The number of aromatic nitrogens is 2. The first kappa shape index (κ1) is 27.8. The third kappa shape index (κ3) is 7.68. The van der Waals surface area contributed by atoms with Crippen LogP contribution in [0.5, 0.6) is 11.5 Å². The fourth-order valence-electron chi connectivity index (χ4n) is 4.62. The Labute approximate surface area is 234 Å². The minimum absolute atomic E-state index is 0.133. The van der Waals surface area contributed by atoms with E-state index < -0.39 is 0 Å². The standard InChI is InChI=1S/C30H37N5O5/c1-36-24-14-23(15-25(17-24)37-12-13-40-30-7-3-5-11-39-30)34-22-8-9-26-27(16-22)35-28(20-32-26)21(18-31)19-33-29-6-2-4-10-38-29/h8-9,14-20,29-30,34H,2-7,10-13,31H2,1H3. The van der Waals surface area contributed by atoms with Gasteiger partial charge >= 0.3 is 0 Å². The molecule has 2 saturated heterocycles. The fourth-order valence-corrected chi connectivity index (χ4v) is 4.62. The van der Waals surface area contributed by atoms with E-state index >= 15 is 0 Å². The molecular formula is C30H37N5O5. The number of rotatable bonds is 11. The van der Waals surface area contributed by atoms with E-state index in [0.717, 1.165) is 74.1 Å². The summed E-state index contributed by atoms with van der Waals surface area (Å²) in [6, 6.07) is 11.5. The van der Waals surface area contributed by atoms with Crippen LogP contribution < -0.4 is 20.5 Å². The average Bonchev–Trinajstić information content (AvgIpc) is 3.00. The van der Waals surface area contributed by atoms with Crippen molar-refractivity contribution in [3.63, 3.8) is 0 Å². The van der Waals surface area contributed by atoms with E-state index in [0.29, 0.717) is 36.0 Å². The van der Waals surface area contributed by atoms with Crippen LogP contribution in [0, 0.1) is 0 Å². The highest BCUT2D eigenvalue weighted by Gasteiger charge is 2.14. The Bertz CT molecular complexity index is 1320. The quantitative estimate of drug-likeness (QED) is 0.246. The van der Waals surface area contributed by atoms with Crippen molar-refractivity contribution >= 4 is 34.2 Å². The van der Waals surface area contributed by atoms with Crippen molar-refractivity contribution in [3.8, 4) is 11.5 Å². The second-order valence-corrected chi connectivity index (χ2v) is 9.72. The van der Waals surface area contributed by atoms with Gasteiger partial charge in [0.1, 0.15) is 24.3 Å². The third-order valence-electron chi connectivity index (χ3n) is 6.75. The second-order valence-electron chi connectivity index (χ2n) is 9.72. The lowest BCUT2D eigenvalue weighted by Gasteiger charge is -2.22. The lowest BCUT2D eigenvalue weighted by atomic mass is 10.2. The number of aliphatic imine (C=N–C) groups is 1. The van der Waals surface area contributed by atoms with Crippen molar-refractivity contribution in [2.75, 3.05) is 38.9 Å². The van der Waals surface area contributed by atoms with Gasteiger partial charge in [-0.1, -0.05) is 0 Å². The van der Waals surface area contributed by atoms with Crippen LogP contribution in [0.2, 0.25) is 0 Å². The Hall–Kier alpha value is -3.73. The van der Waals surface area contributed by atoms with Crippen LogP contribution in [0.3, 0.4) is 0 Å².